The summed E-state index contributed by atoms with van der Waals surface area (Å²) in [5, 5.41) is -0.158. The van der Waals surface area contributed by atoms with Gasteiger partial charge in [0, 0.05) is 8.04 Å². The summed E-state index contributed by atoms with van der Waals surface area (Å²) >= 11 is 8.45. The third-order valence-electron chi connectivity index (χ3n) is 3.64. The summed E-state index contributed by atoms with van der Waals surface area (Å²) in [6, 6.07) is 6.62. The molecule has 0 N–H and O–H groups in total. The average molecular weight is 550 g/mol. The zero-order valence-corrected chi connectivity index (χ0v) is 16.4. The molecule has 0 saturated heterocycles. The molecule has 1 aliphatic heterocycles. The number of carbonyl (C=O) groups is 1. The summed E-state index contributed by atoms with van der Waals surface area (Å²) in [7, 11) is 0. The number of halogens is 4. The second-order valence-electron chi connectivity index (χ2n) is 4.94. The van der Waals surface area contributed by atoms with E-state index in [4.69, 9.17) is 0 Å². The Morgan fingerprint density at radius 1 is 1.13 bits per heavy atom. The van der Waals surface area contributed by atoms with Crippen molar-refractivity contribution in [2.24, 2.45) is 0 Å². The number of benzene rings is 2. The van der Waals surface area contributed by atoms with Crippen molar-refractivity contribution in [3.63, 3.8) is 0 Å². The SMILES string of the molecule is O=C1c2cc(I)ccc2-n2c1nc1c(Br)cc(Br)c(F)c1c2=O. The van der Waals surface area contributed by atoms with Crippen LogP contribution >= 0.6 is 54.5 Å². The summed E-state index contributed by atoms with van der Waals surface area (Å²) in [5.41, 5.74) is 0.364. The van der Waals surface area contributed by atoms with E-state index in [0.717, 1.165) is 3.57 Å². The van der Waals surface area contributed by atoms with E-state index >= 15 is 0 Å². The zero-order valence-electron chi connectivity index (χ0n) is 11.0. The fourth-order valence-electron chi connectivity index (χ4n) is 2.64. The quantitative estimate of drug-likeness (QED) is 0.244. The third kappa shape index (κ3) is 2.07. The Balaban J connectivity index is 2.23. The van der Waals surface area contributed by atoms with Gasteiger partial charge in [0.2, 0.25) is 5.78 Å². The highest BCUT2D eigenvalue weighted by Gasteiger charge is 2.31. The number of hydrogen-bond donors (Lipinski definition) is 0. The molecule has 0 radical (unpaired) electrons. The van der Waals surface area contributed by atoms with Crippen LogP contribution in [0.2, 0.25) is 0 Å². The lowest BCUT2D eigenvalue weighted by atomic mass is 10.1. The largest absolute Gasteiger partial charge is 0.285 e. The van der Waals surface area contributed by atoms with Crippen molar-refractivity contribution in [1.82, 2.24) is 9.55 Å². The van der Waals surface area contributed by atoms with E-state index in [1.165, 1.54) is 10.6 Å². The molecular formula is C15H4Br2FIN2O2. The number of aromatic nitrogens is 2. The molecule has 4 rings (SSSR count). The van der Waals surface area contributed by atoms with E-state index in [2.05, 4.69) is 59.4 Å². The van der Waals surface area contributed by atoms with Crippen molar-refractivity contribution >= 4 is 71.1 Å². The number of fused-ring (bicyclic) bond motifs is 4. The predicted molar refractivity (Wildman–Crippen MR) is 98.8 cm³/mol. The fourth-order valence-corrected chi connectivity index (χ4v) is 4.38. The molecular weight excluding hydrogens is 546 g/mol. The minimum atomic E-state index is -0.692. The molecule has 0 unspecified atom stereocenters. The summed E-state index contributed by atoms with van der Waals surface area (Å²) in [5.74, 6) is -1.03. The molecule has 8 heteroatoms. The number of hydrogen-bond acceptors (Lipinski definition) is 3. The molecule has 1 aliphatic rings. The highest BCUT2D eigenvalue weighted by molar-refractivity contribution is 14.1. The molecule has 0 bridgehead atoms. The first-order valence-corrected chi connectivity index (χ1v) is 9.01. The van der Waals surface area contributed by atoms with Gasteiger partial charge < -0.3 is 0 Å². The lowest BCUT2D eigenvalue weighted by molar-refractivity contribution is 0.103. The maximum absolute atomic E-state index is 14.4. The highest BCUT2D eigenvalue weighted by Crippen LogP contribution is 2.32. The molecule has 0 spiro atoms. The average Bonchev–Trinajstić information content (AvgIpc) is 2.78. The van der Waals surface area contributed by atoms with Gasteiger partial charge in [-0.2, -0.15) is 0 Å². The Hall–Kier alpha value is -1.13. The summed E-state index contributed by atoms with van der Waals surface area (Å²) in [6.45, 7) is 0. The van der Waals surface area contributed by atoms with E-state index in [-0.39, 0.29) is 27.0 Å². The van der Waals surface area contributed by atoms with Gasteiger partial charge >= 0.3 is 0 Å². The van der Waals surface area contributed by atoms with Gasteiger partial charge in [0.25, 0.3) is 5.56 Å². The molecule has 1 aromatic heterocycles. The first kappa shape index (κ1) is 15.4. The minimum Gasteiger partial charge on any atom is -0.285 e. The van der Waals surface area contributed by atoms with Gasteiger partial charge in [0.05, 0.1) is 21.2 Å². The Kier molecular flexibility index (Phi) is 3.47. The topological polar surface area (TPSA) is 52.0 Å². The predicted octanol–water partition coefficient (Wildman–Crippen LogP) is 4.20. The lowest BCUT2D eigenvalue weighted by Crippen LogP contribution is -2.22. The van der Waals surface area contributed by atoms with Crippen LogP contribution in [0.1, 0.15) is 16.2 Å². The normalized spacial score (nSPS) is 12.6. The lowest BCUT2D eigenvalue weighted by Gasteiger charge is -2.08. The monoisotopic (exact) mass is 548 g/mol. The fraction of sp³-hybridized carbons (Fsp3) is 0. The van der Waals surface area contributed by atoms with Crippen LogP contribution in [0, 0.1) is 9.39 Å². The molecule has 114 valence electrons. The second kappa shape index (κ2) is 5.18. The number of ketones is 1. The summed E-state index contributed by atoms with van der Waals surface area (Å²) in [4.78, 5) is 29.6. The van der Waals surface area contributed by atoms with Crippen LogP contribution in [0.15, 0.2) is 38.0 Å². The third-order valence-corrected chi connectivity index (χ3v) is 5.49. The minimum absolute atomic E-state index is 0.00178. The van der Waals surface area contributed by atoms with E-state index in [9.17, 15) is 14.0 Å². The molecule has 0 amide bonds. The van der Waals surface area contributed by atoms with Gasteiger partial charge in [0.15, 0.2) is 11.6 Å². The van der Waals surface area contributed by atoms with Crippen LogP contribution in [0.4, 0.5) is 4.39 Å². The Morgan fingerprint density at radius 2 is 1.87 bits per heavy atom. The van der Waals surface area contributed by atoms with Crippen molar-refractivity contribution in [3.8, 4) is 5.69 Å². The molecule has 4 nitrogen and oxygen atoms in total. The van der Waals surface area contributed by atoms with Gasteiger partial charge in [-0.25, -0.2) is 9.37 Å². The molecule has 3 aromatic rings. The van der Waals surface area contributed by atoms with Gasteiger partial charge in [-0.05, 0) is 78.7 Å². The summed E-state index contributed by atoms with van der Waals surface area (Å²) < 4.78 is 17.1. The molecule has 23 heavy (non-hydrogen) atoms. The smallest absolute Gasteiger partial charge is 0.269 e. The standard InChI is InChI=1S/C15H4Br2FIN2O2/c16-7-4-8(17)12-10(11(7)18)15(23)21-9-2-1-5(19)3-6(9)13(22)14(21)20-12/h1-4H. The first-order valence-electron chi connectivity index (χ1n) is 6.35. The zero-order chi connectivity index (χ0) is 16.5. The van der Waals surface area contributed by atoms with Crippen molar-refractivity contribution in [3.05, 3.63) is 64.3 Å². The molecule has 2 aromatic carbocycles. The van der Waals surface area contributed by atoms with Crippen molar-refractivity contribution in [2.75, 3.05) is 0 Å². The van der Waals surface area contributed by atoms with Crippen molar-refractivity contribution in [2.45, 2.75) is 0 Å². The molecule has 0 aliphatic carbocycles. The van der Waals surface area contributed by atoms with Crippen LogP contribution < -0.4 is 5.56 Å². The Labute approximate surface area is 159 Å². The molecule has 2 heterocycles. The van der Waals surface area contributed by atoms with Gasteiger partial charge in [0.1, 0.15) is 5.39 Å². The van der Waals surface area contributed by atoms with Gasteiger partial charge in [-0.15, -0.1) is 0 Å². The van der Waals surface area contributed by atoms with Gasteiger partial charge in [-0.1, -0.05) is 0 Å². The van der Waals surface area contributed by atoms with Gasteiger partial charge in [-0.3, -0.25) is 14.2 Å². The number of rotatable bonds is 0. The van der Waals surface area contributed by atoms with Crippen molar-refractivity contribution < 1.29 is 9.18 Å². The van der Waals surface area contributed by atoms with Crippen LogP contribution in [0.25, 0.3) is 16.6 Å². The van der Waals surface area contributed by atoms with E-state index in [1.54, 1.807) is 18.2 Å². The molecule has 0 fully saturated rings. The molecule has 0 atom stereocenters. The first-order chi connectivity index (χ1) is 10.9. The van der Waals surface area contributed by atoms with E-state index < -0.39 is 11.4 Å². The maximum atomic E-state index is 14.4. The number of nitrogens with zero attached hydrogens (tertiary/aromatic N) is 2. The molecule has 0 saturated carbocycles. The van der Waals surface area contributed by atoms with Crippen LogP contribution in [-0.2, 0) is 0 Å². The second-order valence-corrected chi connectivity index (χ2v) is 7.90. The Morgan fingerprint density at radius 3 is 2.61 bits per heavy atom. The van der Waals surface area contributed by atoms with Crippen molar-refractivity contribution in [1.29, 1.82) is 0 Å². The van der Waals surface area contributed by atoms with E-state index in [0.29, 0.717) is 15.7 Å². The van der Waals surface area contributed by atoms with Crippen LogP contribution in [0.5, 0.6) is 0 Å². The maximum Gasteiger partial charge on any atom is 0.269 e. The van der Waals surface area contributed by atoms with Crippen LogP contribution in [-0.4, -0.2) is 15.3 Å². The van der Waals surface area contributed by atoms with Crippen LogP contribution in [0.3, 0.4) is 0 Å². The highest BCUT2D eigenvalue weighted by atomic mass is 127. The Bertz CT molecular complexity index is 1110. The number of carbonyl (C=O) groups excluding carboxylic acids is 1. The van der Waals surface area contributed by atoms with E-state index in [1.807, 2.05) is 0 Å². The summed E-state index contributed by atoms with van der Waals surface area (Å²) in [6.07, 6.45) is 0.